The summed E-state index contributed by atoms with van der Waals surface area (Å²) in [5, 5.41) is 0. The molecule has 0 spiro atoms. The third-order valence-electron chi connectivity index (χ3n) is 1.98. The molecule has 0 saturated heterocycles. The number of hydrogen-bond acceptors (Lipinski definition) is 3. The monoisotopic (exact) mass is 204 g/mol. The lowest BCUT2D eigenvalue weighted by Gasteiger charge is -2.07. The van der Waals surface area contributed by atoms with Crippen molar-refractivity contribution in [2.24, 2.45) is 5.73 Å². The van der Waals surface area contributed by atoms with Gasteiger partial charge in [-0.2, -0.15) is 13.2 Å². The van der Waals surface area contributed by atoms with E-state index in [1.165, 1.54) is 0 Å². The van der Waals surface area contributed by atoms with Crippen LogP contribution in [0.4, 0.5) is 13.2 Å². The smallest absolute Gasteiger partial charge is 0.418 e. The highest BCUT2D eigenvalue weighted by Crippen LogP contribution is 2.35. The van der Waals surface area contributed by atoms with E-state index in [0.29, 0.717) is 5.69 Å². The molecule has 0 aromatic carbocycles. The topological polar surface area (TPSA) is 48.1 Å². The molecule has 76 valence electrons. The Balaban J connectivity index is 2.42. The molecule has 2 N–H and O–H groups in total. The zero-order valence-electron chi connectivity index (χ0n) is 7.01. The first-order valence-electron chi connectivity index (χ1n) is 3.94. The molecule has 1 aliphatic heterocycles. The van der Waals surface area contributed by atoms with Gasteiger partial charge in [-0.05, 0) is 6.07 Å². The molecule has 6 heteroatoms. The molecule has 0 bridgehead atoms. The molecule has 14 heavy (non-hydrogen) atoms. The first-order valence-corrected chi connectivity index (χ1v) is 3.94. The Hall–Kier alpha value is -1.30. The fourth-order valence-corrected chi connectivity index (χ4v) is 1.26. The normalized spacial score (nSPS) is 20.4. The van der Waals surface area contributed by atoms with Gasteiger partial charge >= 0.3 is 6.18 Å². The summed E-state index contributed by atoms with van der Waals surface area (Å²) in [6.45, 7) is 0.184. The van der Waals surface area contributed by atoms with E-state index in [2.05, 4.69) is 4.98 Å². The van der Waals surface area contributed by atoms with Gasteiger partial charge in [0.1, 0.15) is 18.1 Å². The lowest BCUT2D eigenvalue weighted by atomic mass is 10.2. The minimum Gasteiger partial charge on any atom is -0.490 e. The fourth-order valence-electron chi connectivity index (χ4n) is 1.26. The van der Waals surface area contributed by atoms with Crippen LogP contribution in [-0.4, -0.2) is 11.6 Å². The Morgan fingerprint density at radius 2 is 2.21 bits per heavy atom. The van der Waals surface area contributed by atoms with Gasteiger partial charge in [-0.3, -0.25) is 4.98 Å². The van der Waals surface area contributed by atoms with Crippen LogP contribution in [0.2, 0.25) is 0 Å². The maximum Gasteiger partial charge on any atom is 0.418 e. The average molecular weight is 204 g/mol. The van der Waals surface area contributed by atoms with Crippen molar-refractivity contribution in [1.82, 2.24) is 4.98 Å². The second kappa shape index (κ2) is 2.84. The Morgan fingerprint density at radius 1 is 1.50 bits per heavy atom. The third-order valence-corrected chi connectivity index (χ3v) is 1.98. The number of alkyl halides is 3. The maximum atomic E-state index is 12.2. The maximum absolute atomic E-state index is 12.2. The highest BCUT2D eigenvalue weighted by atomic mass is 19.4. The highest BCUT2D eigenvalue weighted by molar-refractivity contribution is 5.37. The van der Waals surface area contributed by atoms with Gasteiger partial charge in [0, 0.05) is 6.20 Å². The number of pyridine rings is 1. The van der Waals surface area contributed by atoms with Gasteiger partial charge in [-0.15, -0.1) is 0 Å². The Labute approximate surface area is 77.7 Å². The van der Waals surface area contributed by atoms with E-state index in [1.807, 2.05) is 0 Å². The standard InChI is InChI=1S/C8H7F3N2O/c9-8(10,11)4-1-6-7(13-2-4)5(12)3-14-6/h1-2,5H,3,12H2. The van der Waals surface area contributed by atoms with Crippen molar-refractivity contribution in [2.45, 2.75) is 12.2 Å². The molecule has 1 aromatic rings. The van der Waals surface area contributed by atoms with Crippen molar-refractivity contribution in [2.75, 3.05) is 6.61 Å². The summed E-state index contributed by atoms with van der Waals surface area (Å²) in [5.74, 6) is 0.132. The predicted molar refractivity (Wildman–Crippen MR) is 41.7 cm³/mol. The second-order valence-corrected chi connectivity index (χ2v) is 3.02. The number of nitrogens with zero attached hydrogens (tertiary/aromatic N) is 1. The summed E-state index contributed by atoms with van der Waals surface area (Å²) in [4.78, 5) is 3.64. The van der Waals surface area contributed by atoms with Gasteiger partial charge in [0.25, 0.3) is 0 Å². The van der Waals surface area contributed by atoms with Crippen molar-refractivity contribution in [3.05, 3.63) is 23.5 Å². The molecule has 0 radical (unpaired) electrons. The molecule has 1 aromatic heterocycles. The molecule has 1 atom stereocenters. The van der Waals surface area contributed by atoms with Crippen LogP contribution < -0.4 is 10.5 Å². The van der Waals surface area contributed by atoms with Crippen LogP contribution in [-0.2, 0) is 6.18 Å². The fraction of sp³-hybridized carbons (Fsp3) is 0.375. The minimum absolute atomic E-state index is 0.132. The van der Waals surface area contributed by atoms with Crippen molar-refractivity contribution >= 4 is 0 Å². The first kappa shape index (κ1) is 9.26. The number of fused-ring (bicyclic) bond motifs is 1. The Morgan fingerprint density at radius 3 is 2.86 bits per heavy atom. The molecule has 0 amide bonds. The van der Waals surface area contributed by atoms with E-state index in [0.717, 1.165) is 12.3 Å². The Kier molecular flexibility index (Phi) is 1.88. The zero-order chi connectivity index (χ0) is 10.3. The third kappa shape index (κ3) is 1.41. The molecular weight excluding hydrogens is 197 g/mol. The van der Waals surface area contributed by atoms with Crippen molar-refractivity contribution in [3.8, 4) is 5.75 Å². The molecule has 0 saturated carbocycles. The lowest BCUT2D eigenvalue weighted by molar-refractivity contribution is -0.137. The van der Waals surface area contributed by atoms with E-state index >= 15 is 0 Å². The summed E-state index contributed by atoms with van der Waals surface area (Å²) in [6.07, 6.45) is -3.62. The number of aromatic nitrogens is 1. The molecule has 0 aliphatic carbocycles. The summed E-state index contributed by atoms with van der Waals surface area (Å²) in [5.41, 5.74) is 5.11. The summed E-state index contributed by atoms with van der Waals surface area (Å²) >= 11 is 0. The summed E-state index contributed by atoms with van der Waals surface area (Å²) < 4.78 is 41.6. The van der Waals surface area contributed by atoms with Crippen LogP contribution in [0, 0.1) is 0 Å². The van der Waals surface area contributed by atoms with E-state index in [-0.39, 0.29) is 12.4 Å². The molecular formula is C8H7F3N2O. The minimum atomic E-state index is -4.39. The Bertz CT molecular complexity index is 364. The van der Waals surface area contributed by atoms with Gasteiger partial charge in [-0.1, -0.05) is 0 Å². The SMILES string of the molecule is NC1COc2cc(C(F)(F)F)cnc21. The number of ether oxygens (including phenoxy) is 1. The van der Waals surface area contributed by atoms with E-state index in [4.69, 9.17) is 10.5 Å². The van der Waals surface area contributed by atoms with Gasteiger partial charge < -0.3 is 10.5 Å². The summed E-state index contributed by atoms with van der Waals surface area (Å²) in [7, 11) is 0. The van der Waals surface area contributed by atoms with Gasteiger partial charge in [-0.25, -0.2) is 0 Å². The van der Waals surface area contributed by atoms with Crippen LogP contribution in [0.3, 0.4) is 0 Å². The molecule has 2 rings (SSSR count). The average Bonchev–Trinajstić information content (AvgIpc) is 2.46. The molecule has 3 nitrogen and oxygen atoms in total. The van der Waals surface area contributed by atoms with Crippen LogP contribution in [0.25, 0.3) is 0 Å². The van der Waals surface area contributed by atoms with Crippen LogP contribution in [0.15, 0.2) is 12.3 Å². The predicted octanol–water partition coefficient (Wildman–Crippen LogP) is 1.49. The van der Waals surface area contributed by atoms with Crippen molar-refractivity contribution < 1.29 is 17.9 Å². The summed E-state index contributed by atoms with van der Waals surface area (Å²) in [6, 6.07) is 0.502. The van der Waals surface area contributed by atoms with E-state index in [1.54, 1.807) is 0 Å². The van der Waals surface area contributed by atoms with Gasteiger partial charge in [0.15, 0.2) is 0 Å². The highest BCUT2D eigenvalue weighted by Gasteiger charge is 2.33. The first-order chi connectivity index (χ1) is 6.48. The molecule has 0 fully saturated rings. The molecule has 1 aliphatic rings. The second-order valence-electron chi connectivity index (χ2n) is 3.02. The number of halogens is 3. The van der Waals surface area contributed by atoms with Crippen LogP contribution in [0.1, 0.15) is 17.3 Å². The number of hydrogen-bond donors (Lipinski definition) is 1. The lowest BCUT2D eigenvalue weighted by Crippen LogP contribution is -2.12. The molecule has 1 unspecified atom stereocenters. The van der Waals surface area contributed by atoms with Crippen molar-refractivity contribution in [3.63, 3.8) is 0 Å². The molecule has 2 heterocycles. The zero-order valence-corrected chi connectivity index (χ0v) is 7.01. The van der Waals surface area contributed by atoms with Crippen molar-refractivity contribution in [1.29, 1.82) is 0 Å². The van der Waals surface area contributed by atoms with E-state index in [9.17, 15) is 13.2 Å². The van der Waals surface area contributed by atoms with Crippen LogP contribution >= 0.6 is 0 Å². The van der Waals surface area contributed by atoms with Gasteiger partial charge in [0.2, 0.25) is 0 Å². The largest absolute Gasteiger partial charge is 0.490 e. The van der Waals surface area contributed by atoms with E-state index < -0.39 is 17.8 Å². The quantitative estimate of drug-likeness (QED) is 0.696. The van der Waals surface area contributed by atoms with Gasteiger partial charge in [0.05, 0.1) is 11.6 Å². The van der Waals surface area contributed by atoms with Crippen LogP contribution in [0.5, 0.6) is 5.75 Å². The number of rotatable bonds is 0. The number of nitrogens with two attached hydrogens (primary N) is 1.